The zero-order chi connectivity index (χ0) is 16.7. The van der Waals surface area contributed by atoms with Crippen LogP contribution >= 0.6 is 0 Å². The third-order valence-electron chi connectivity index (χ3n) is 4.41. The lowest BCUT2D eigenvalue weighted by Gasteiger charge is -2.42. The second-order valence-corrected chi connectivity index (χ2v) is 6.32. The highest BCUT2D eigenvalue weighted by molar-refractivity contribution is 5.74. The first-order chi connectivity index (χ1) is 10.4. The van der Waals surface area contributed by atoms with Crippen molar-refractivity contribution in [3.63, 3.8) is 0 Å². The predicted molar refractivity (Wildman–Crippen MR) is 83.6 cm³/mol. The van der Waals surface area contributed by atoms with Crippen molar-refractivity contribution in [1.82, 2.24) is 15.5 Å². The molecule has 0 saturated heterocycles. The third-order valence-corrected chi connectivity index (χ3v) is 4.41. The van der Waals surface area contributed by atoms with Gasteiger partial charge in [0.15, 0.2) is 0 Å². The lowest BCUT2D eigenvalue weighted by molar-refractivity contribution is -0.139. The minimum Gasteiger partial charge on any atom is -0.480 e. The van der Waals surface area contributed by atoms with Crippen molar-refractivity contribution in [2.75, 3.05) is 26.2 Å². The molecule has 1 atom stereocenters. The number of carboxylic acids is 1. The quantitative estimate of drug-likeness (QED) is 0.496. The summed E-state index contributed by atoms with van der Waals surface area (Å²) >= 11 is 0. The maximum absolute atomic E-state index is 11.8. The van der Waals surface area contributed by atoms with Gasteiger partial charge in [0.05, 0.1) is 6.54 Å². The van der Waals surface area contributed by atoms with Crippen molar-refractivity contribution in [2.24, 2.45) is 11.8 Å². The van der Waals surface area contributed by atoms with Crippen LogP contribution in [0.5, 0.6) is 0 Å². The van der Waals surface area contributed by atoms with Crippen LogP contribution in [0.4, 0.5) is 4.79 Å². The molecule has 0 spiro atoms. The van der Waals surface area contributed by atoms with E-state index in [4.69, 9.17) is 5.11 Å². The normalized spacial score (nSPS) is 22.3. The third kappa shape index (κ3) is 5.81. The average Bonchev–Trinajstić information content (AvgIpc) is 2.40. The number of nitrogens with one attached hydrogen (secondary N) is 2. The Hall–Kier alpha value is -1.34. The SMILES string of the molecule is CCN(CC(=O)O)C1CC(NC(=O)NCC(CO)C(C)C)C1. The molecule has 0 bridgehead atoms. The number of hydrogen-bond acceptors (Lipinski definition) is 4. The Labute approximate surface area is 132 Å². The fourth-order valence-corrected chi connectivity index (χ4v) is 2.65. The molecule has 1 fully saturated rings. The smallest absolute Gasteiger partial charge is 0.317 e. The summed E-state index contributed by atoms with van der Waals surface area (Å²) in [5.41, 5.74) is 0. The van der Waals surface area contributed by atoms with E-state index in [1.165, 1.54) is 0 Å². The number of rotatable bonds is 9. The standard InChI is InChI=1S/C15H29N3O4/c1-4-18(8-14(20)21)13-5-12(6-13)17-15(22)16-7-11(9-19)10(2)3/h10-13,19H,4-9H2,1-3H3,(H,20,21)(H2,16,17,22). The van der Waals surface area contributed by atoms with Gasteiger partial charge < -0.3 is 20.8 Å². The molecule has 0 aromatic carbocycles. The number of carbonyl (C=O) groups excluding carboxylic acids is 1. The van der Waals surface area contributed by atoms with E-state index >= 15 is 0 Å². The van der Waals surface area contributed by atoms with Gasteiger partial charge in [0, 0.05) is 31.2 Å². The van der Waals surface area contributed by atoms with E-state index in [0.717, 1.165) is 12.8 Å². The molecule has 0 aromatic rings. The molecule has 0 heterocycles. The molecule has 0 aliphatic heterocycles. The molecule has 1 unspecified atom stereocenters. The van der Waals surface area contributed by atoms with Crippen LogP contribution in [-0.2, 0) is 4.79 Å². The van der Waals surface area contributed by atoms with E-state index in [-0.39, 0.29) is 37.2 Å². The molecule has 7 heteroatoms. The summed E-state index contributed by atoms with van der Waals surface area (Å²) in [6.07, 6.45) is 1.56. The Bertz CT molecular complexity index is 370. The molecule has 2 amide bonds. The van der Waals surface area contributed by atoms with Crippen molar-refractivity contribution < 1.29 is 19.8 Å². The fraction of sp³-hybridized carbons (Fsp3) is 0.867. The highest BCUT2D eigenvalue weighted by Crippen LogP contribution is 2.25. The number of nitrogens with zero attached hydrogens (tertiary/aromatic N) is 1. The van der Waals surface area contributed by atoms with Crippen LogP contribution < -0.4 is 10.6 Å². The van der Waals surface area contributed by atoms with Crippen LogP contribution in [0.15, 0.2) is 0 Å². The maximum atomic E-state index is 11.8. The number of aliphatic hydroxyl groups excluding tert-OH is 1. The number of carbonyl (C=O) groups is 2. The number of aliphatic hydroxyl groups is 1. The van der Waals surface area contributed by atoms with Crippen molar-refractivity contribution >= 4 is 12.0 Å². The first-order valence-electron chi connectivity index (χ1n) is 7.98. The Balaban J connectivity index is 2.24. The second-order valence-electron chi connectivity index (χ2n) is 6.32. The zero-order valence-electron chi connectivity index (χ0n) is 13.7. The first kappa shape index (κ1) is 18.7. The summed E-state index contributed by atoms with van der Waals surface area (Å²) < 4.78 is 0. The molecule has 22 heavy (non-hydrogen) atoms. The zero-order valence-corrected chi connectivity index (χ0v) is 13.7. The van der Waals surface area contributed by atoms with Crippen molar-refractivity contribution in [3.8, 4) is 0 Å². The molecule has 4 N–H and O–H groups in total. The number of carboxylic acid groups (broad SMARTS) is 1. The largest absolute Gasteiger partial charge is 0.480 e. The van der Waals surface area contributed by atoms with Crippen LogP contribution in [0.25, 0.3) is 0 Å². The number of likely N-dealkylation sites (N-methyl/N-ethyl adjacent to an activating group) is 1. The van der Waals surface area contributed by atoms with E-state index in [9.17, 15) is 14.7 Å². The summed E-state index contributed by atoms with van der Waals surface area (Å²) in [6.45, 7) is 7.23. The minimum atomic E-state index is -0.820. The summed E-state index contributed by atoms with van der Waals surface area (Å²) in [5.74, 6) is -0.446. The molecular weight excluding hydrogens is 286 g/mol. The average molecular weight is 315 g/mol. The van der Waals surface area contributed by atoms with Gasteiger partial charge in [-0.15, -0.1) is 0 Å². The van der Waals surface area contributed by atoms with Gasteiger partial charge in [-0.05, 0) is 25.3 Å². The molecule has 1 aliphatic carbocycles. The molecule has 1 rings (SSSR count). The summed E-state index contributed by atoms with van der Waals surface area (Å²) in [6, 6.07) is 0.107. The Morgan fingerprint density at radius 1 is 1.32 bits per heavy atom. The number of aliphatic carboxylic acids is 1. The van der Waals surface area contributed by atoms with Crippen LogP contribution in [0.2, 0.25) is 0 Å². The molecule has 1 aliphatic rings. The predicted octanol–water partition coefficient (Wildman–Crippen LogP) is 0.488. The molecule has 0 aromatic heterocycles. The first-order valence-corrected chi connectivity index (χ1v) is 7.98. The summed E-state index contributed by atoms with van der Waals surface area (Å²) in [7, 11) is 0. The molecule has 0 radical (unpaired) electrons. The van der Waals surface area contributed by atoms with Gasteiger partial charge in [0.25, 0.3) is 0 Å². The summed E-state index contributed by atoms with van der Waals surface area (Å²) in [5, 5.41) is 23.7. The molecule has 7 nitrogen and oxygen atoms in total. The van der Waals surface area contributed by atoms with Crippen molar-refractivity contribution in [3.05, 3.63) is 0 Å². The van der Waals surface area contributed by atoms with Crippen molar-refractivity contribution in [2.45, 2.75) is 45.7 Å². The number of hydrogen-bond donors (Lipinski definition) is 4. The topological polar surface area (TPSA) is 102 Å². The fourth-order valence-electron chi connectivity index (χ4n) is 2.65. The van der Waals surface area contributed by atoms with Crippen LogP contribution in [0.3, 0.4) is 0 Å². The van der Waals surface area contributed by atoms with Gasteiger partial charge in [0.1, 0.15) is 0 Å². The highest BCUT2D eigenvalue weighted by Gasteiger charge is 2.34. The molecule has 1 saturated carbocycles. The summed E-state index contributed by atoms with van der Waals surface area (Å²) in [4.78, 5) is 24.5. The van der Waals surface area contributed by atoms with Gasteiger partial charge in [-0.2, -0.15) is 0 Å². The molecular formula is C15H29N3O4. The minimum absolute atomic E-state index is 0.0483. The van der Waals surface area contributed by atoms with E-state index in [1.54, 1.807) is 0 Å². The monoisotopic (exact) mass is 315 g/mol. The van der Waals surface area contributed by atoms with Gasteiger partial charge in [-0.1, -0.05) is 20.8 Å². The highest BCUT2D eigenvalue weighted by atomic mass is 16.4. The van der Waals surface area contributed by atoms with E-state index in [0.29, 0.717) is 19.0 Å². The van der Waals surface area contributed by atoms with Gasteiger partial charge in [0.2, 0.25) is 0 Å². The van der Waals surface area contributed by atoms with Crippen molar-refractivity contribution in [1.29, 1.82) is 0 Å². The van der Waals surface area contributed by atoms with Gasteiger partial charge >= 0.3 is 12.0 Å². The van der Waals surface area contributed by atoms with Gasteiger partial charge in [-0.3, -0.25) is 9.69 Å². The Morgan fingerprint density at radius 2 is 1.95 bits per heavy atom. The van der Waals surface area contributed by atoms with Crippen LogP contribution in [0, 0.1) is 11.8 Å². The molecule has 128 valence electrons. The maximum Gasteiger partial charge on any atom is 0.317 e. The second kappa shape index (κ2) is 8.95. The van der Waals surface area contributed by atoms with Crippen LogP contribution in [0.1, 0.15) is 33.6 Å². The number of urea groups is 1. The lowest BCUT2D eigenvalue weighted by Crippen LogP contribution is -2.56. The van der Waals surface area contributed by atoms with Crippen LogP contribution in [-0.4, -0.2) is 65.4 Å². The van der Waals surface area contributed by atoms with Gasteiger partial charge in [-0.25, -0.2) is 4.79 Å². The van der Waals surface area contributed by atoms with E-state index < -0.39 is 5.97 Å². The lowest BCUT2D eigenvalue weighted by atomic mass is 9.85. The van der Waals surface area contributed by atoms with E-state index in [2.05, 4.69) is 10.6 Å². The van der Waals surface area contributed by atoms with E-state index in [1.807, 2.05) is 25.7 Å². The Kier molecular flexibility index (Phi) is 7.61. The number of amides is 2. The Morgan fingerprint density at radius 3 is 2.41 bits per heavy atom.